The molecule has 0 aromatic heterocycles. The molecule has 0 bridgehead atoms. The summed E-state index contributed by atoms with van der Waals surface area (Å²) in [7, 11) is 0. The van der Waals surface area contributed by atoms with E-state index in [9.17, 15) is 4.79 Å². The zero-order valence-electron chi connectivity index (χ0n) is 7.05. The predicted molar refractivity (Wildman–Crippen MR) is 64.5 cm³/mol. The molecule has 2 nitrogen and oxygen atoms in total. The lowest BCUT2D eigenvalue weighted by Crippen LogP contribution is -2.18. The molecule has 0 aliphatic rings. The van der Waals surface area contributed by atoms with Crippen molar-refractivity contribution in [3.05, 3.63) is 31.8 Å². The Bertz CT molecular complexity index is 340. The van der Waals surface area contributed by atoms with E-state index < -0.39 is 6.04 Å². The zero-order valence-corrected chi connectivity index (χ0v) is 10.8. The summed E-state index contributed by atoms with van der Waals surface area (Å²) in [6.07, 6.45) is 0. The summed E-state index contributed by atoms with van der Waals surface area (Å²) in [4.78, 5) is 11.0. The molecule has 13 heavy (non-hydrogen) atoms. The second kappa shape index (κ2) is 4.52. The van der Waals surface area contributed by atoms with Gasteiger partial charge in [-0.25, -0.2) is 0 Å². The van der Waals surface area contributed by atoms with Gasteiger partial charge in [-0.2, -0.15) is 0 Å². The number of Topliss-reactive ketones (excluding diaryl/α,β-unsaturated/α-hetero) is 1. The number of nitrogens with two attached hydrogens (primary N) is 1. The van der Waals surface area contributed by atoms with Crippen molar-refractivity contribution in [1.29, 1.82) is 0 Å². The van der Waals surface area contributed by atoms with Crippen LogP contribution in [0.2, 0.25) is 0 Å². The SMILES string of the molecule is CC(=O)C(N)c1ccc(Br)c(I)c1. The average Bonchev–Trinajstić information content (AvgIpc) is 2.08. The molecule has 1 unspecified atom stereocenters. The first-order valence-electron chi connectivity index (χ1n) is 3.73. The van der Waals surface area contributed by atoms with Crippen LogP contribution in [-0.2, 0) is 4.79 Å². The van der Waals surface area contributed by atoms with E-state index in [0.717, 1.165) is 13.6 Å². The summed E-state index contributed by atoms with van der Waals surface area (Å²) in [5.74, 6) is -0.0156. The number of rotatable bonds is 2. The van der Waals surface area contributed by atoms with Gasteiger partial charge in [-0.15, -0.1) is 0 Å². The van der Waals surface area contributed by atoms with Crippen molar-refractivity contribution in [2.45, 2.75) is 13.0 Å². The van der Waals surface area contributed by atoms with E-state index in [-0.39, 0.29) is 5.78 Å². The molecule has 0 aliphatic heterocycles. The third-order valence-corrected chi connectivity index (χ3v) is 4.07. The predicted octanol–water partition coefficient (Wildman–Crippen LogP) is 2.64. The molecule has 1 rings (SSSR count). The highest BCUT2D eigenvalue weighted by Gasteiger charge is 2.11. The Morgan fingerprint density at radius 2 is 2.23 bits per heavy atom. The number of hydrogen-bond acceptors (Lipinski definition) is 2. The summed E-state index contributed by atoms with van der Waals surface area (Å²) < 4.78 is 2.08. The monoisotopic (exact) mass is 353 g/mol. The normalized spacial score (nSPS) is 12.6. The molecule has 70 valence electrons. The second-order valence-corrected chi connectivity index (χ2v) is 4.78. The maximum atomic E-state index is 11.0. The highest BCUT2D eigenvalue weighted by Crippen LogP contribution is 2.22. The van der Waals surface area contributed by atoms with Crippen LogP contribution in [0.4, 0.5) is 0 Å². The van der Waals surface area contributed by atoms with E-state index in [1.54, 1.807) is 0 Å². The highest BCUT2D eigenvalue weighted by atomic mass is 127. The number of hydrogen-bond donors (Lipinski definition) is 1. The highest BCUT2D eigenvalue weighted by molar-refractivity contribution is 14.1. The topological polar surface area (TPSA) is 43.1 Å². The fourth-order valence-electron chi connectivity index (χ4n) is 0.941. The Kier molecular flexibility index (Phi) is 3.87. The fourth-order valence-corrected chi connectivity index (χ4v) is 1.73. The van der Waals surface area contributed by atoms with Gasteiger partial charge < -0.3 is 5.73 Å². The van der Waals surface area contributed by atoms with Crippen LogP contribution < -0.4 is 5.73 Å². The number of ketones is 1. The van der Waals surface area contributed by atoms with E-state index in [4.69, 9.17) is 5.73 Å². The Morgan fingerprint density at radius 3 is 2.69 bits per heavy atom. The lowest BCUT2D eigenvalue weighted by atomic mass is 10.1. The summed E-state index contributed by atoms with van der Waals surface area (Å²) >= 11 is 5.58. The van der Waals surface area contributed by atoms with Gasteiger partial charge in [0.05, 0.1) is 6.04 Å². The summed E-state index contributed by atoms with van der Waals surface area (Å²) in [6.45, 7) is 1.50. The van der Waals surface area contributed by atoms with Gasteiger partial charge in [-0.1, -0.05) is 6.07 Å². The van der Waals surface area contributed by atoms with Crippen LogP contribution in [0.5, 0.6) is 0 Å². The third-order valence-electron chi connectivity index (χ3n) is 1.74. The minimum atomic E-state index is -0.499. The largest absolute Gasteiger partial charge is 0.318 e. The molecule has 2 N–H and O–H groups in total. The number of benzene rings is 1. The van der Waals surface area contributed by atoms with Crippen molar-refractivity contribution < 1.29 is 4.79 Å². The van der Waals surface area contributed by atoms with Crippen LogP contribution in [0.3, 0.4) is 0 Å². The van der Waals surface area contributed by atoms with E-state index in [2.05, 4.69) is 38.5 Å². The van der Waals surface area contributed by atoms with E-state index >= 15 is 0 Å². The molecule has 0 saturated carbocycles. The number of carbonyl (C=O) groups is 1. The molecule has 0 amide bonds. The molecule has 1 atom stereocenters. The molecule has 0 aliphatic carbocycles. The maximum Gasteiger partial charge on any atom is 0.150 e. The summed E-state index contributed by atoms with van der Waals surface area (Å²) in [5, 5.41) is 0. The molecule has 4 heteroatoms. The Hall–Kier alpha value is 0.0600. The quantitative estimate of drug-likeness (QED) is 0.830. The Morgan fingerprint density at radius 1 is 1.62 bits per heavy atom. The van der Waals surface area contributed by atoms with Crippen LogP contribution in [0.1, 0.15) is 18.5 Å². The fraction of sp³-hybridized carbons (Fsp3) is 0.222. The summed E-state index contributed by atoms with van der Waals surface area (Å²) in [5.41, 5.74) is 6.55. The standard InChI is InChI=1S/C9H9BrINO/c1-5(13)9(12)6-2-3-7(10)8(11)4-6/h2-4,9H,12H2,1H3. The zero-order chi connectivity index (χ0) is 10.0. The molecule has 0 heterocycles. The minimum Gasteiger partial charge on any atom is -0.318 e. The molecule has 1 aromatic carbocycles. The van der Waals surface area contributed by atoms with Gasteiger partial charge in [0.15, 0.2) is 5.78 Å². The van der Waals surface area contributed by atoms with Crippen molar-refractivity contribution in [1.82, 2.24) is 0 Å². The second-order valence-electron chi connectivity index (χ2n) is 2.76. The first kappa shape index (κ1) is 11.1. The molecule has 0 fully saturated rings. The number of halogens is 2. The van der Waals surface area contributed by atoms with Gasteiger partial charge in [-0.3, -0.25) is 4.79 Å². The van der Waals surface area contributed by atoms with Gasteiger partial charge in [0.2, 0.25) is 0 Å². The molecule has 0 saturated heterocycles. The summed E-state index contributed by atoms with van der Waals surface area (Å²) in [6, 6.07) is 5.18. The van der Waals surface area contributed by atoms with E-state index in [1.165, 1.54) is 6.92 Å². The lowest BCUT2D eigenvalue weighted by molar-refractivity contribution is -0.118. The van der Waals surface area contributed by atoms with Crippen molar-refractivity contribution >= 4 is 44.3 Å². The Labute approximate surface area is 99.2 Å². The van der Waals surface area contributed by atoms with E-state index in [1.807, 2.05) is 18.2 Å². The van der Waals surface area contributed by atoms with Gasteiger partial charge in [-0.05, 0) is 63.1 Å². The first-order chi connectivity index (χ1) is 6.02. The molecule has 0 spiro atoms. The van der Waals surface area contributed by atoms with Crippen LogP contribution in [-0.4, -0.2) is 5.78 Å². The molecule has 0 radical (unpaired) electrons. The maximum absolute atomic E-state index is 11.0. The molecular weight excluding hydrogens is 345 g/mol. The van der Waals surface area contributed by atoms with Crippen LogP contribution in [0.15, 0.2) is 22.7 Å². The van der Waals surface area contributed by atoms with Crippen molar-refractivity contribution in [2.75, 3.05) is 0 Å². The van der Waals surface area contributed by atoms with Crippen molar-refractivity contribution in [3.8, 4) is 0 Å². The Balaban J connectivity index is 3.03. The van der Waals surface area contributed by atoms with Gasteiger partial charge in [0.1, 0.15) is 0 Å². The smallest absolute Gasteiger partial charge is 0.150 e. The van der Waals surface area contributed by atoms with Gasteiger partial charge >= 0.3 is 0 Å². The average molecular weight is 354 g/mol. The van der Waals surface area contributed by atoms with Crippen LogP contribution in [0, 0.1) is 3.57 Å². The first-order valence-corrected chi connectivity index (χ1v) is 5.60. The van der Waals surface area contributed by atoms with Crippen LogP contribution >= 0.6 is 38.5 Å². The number of carbonyl (C=O) groups excluding carboxylic acids is 1. The van der Waals surface area contributed by atoms with Crippen molar-refractivity contribution in [3.63, 3.8) is 0 Å². The third kappa shape index (κ3) is 2.75. The van der Waals surface area contributed by atoms with Crippen molar-refractivity contribution in [2.24, 2.45) is 5.73 Å². The van der Waals surface area contributed by atoms with E-state index in [0.29, 0.717) is 0 Å². The molecular formula is C9H9BrINO. The minimum absolute atomic E-state index is 0.0156. The van der Waals surface area contributed by atoms with Crippen LogP contribution in [0.25, 0.3) is 0 Å². The van der Waals surface area contributed by atoms with Gasteiger partial charge in [0, 0.05) is 8.04 Å². The molecule has 1 aromatic rings. The lowest BCUT2D eigenvalue weighted by Gasteiger charge is -2.08. The van der Waals surface area contributed by atoms with Gasteiger partial charge in [0.25, 0.3) is 0 Å².